The van der Waals surface area contributed by atoms with Gasteiger partial charge in [-0.15, -0.1) is 5.53 Å². The van der Waals surface area contributed by atoms with E-state index in [1.54, 1.807) is 30.7 Å². The zero-order valence-corrected chi connectivity index (χ0v) is 23.7. The van der Waals surface area contributed by atoms with Crippen LogP contribution in [0.3, 0.4) is 0 Å². The van der Waals surface area contributed by atoms with E-state index < -0.39 is 5.44 Å². The minimum absolute atomic E-state index is 0.0374. The molecule has 42 heavy (non-hydrogen) atoms. The van der Waals surface area contributed by atoms with Crippen LogP contribution >= 0.6 is 0 Å². The van der Waals surface area contributed by atoms with Gasteiger partial charge in [-0.3, -0.25) is 9.99 Å². The fraction of sp³-hybridized carbons (Fsp3) is 0.290. The Labute approximate surface area is 245 Å². The van der Waals surface area contributed by atoms with Crippen molar-refractivity contribution in [3.8, 4) is 17.2 Å². The van der Waals surface area contributed by atoms with Crippen molar-refractivity contribution in [3.63, 3.8) is 0 Å². The van der Waals surface area contributed by atoms with E-state index in [1.807, 2.05) is 23.3 Å². The molecule has 2 aromatic heterocycles. The molecule has 0 amide bonds. The summed E-state index contributed by atoms with van der Waals surface area (Å²) in [5, 5.41) is 19.8. The Morgan fingerprint density at radius 3 is 2.52 bits per heavy atom. The SMILES string of the molecule is [B]C(Nc1cc(-c2cncnc2)c2ncc(C#N)c(NCC(C)(C)C)c2c1)(C1=CN(C2CC2)NN1)c1ccc(F)cc1. The molecular formula is C31H31BFN9. The average Bonchev–Trinajstić information content (AvgIpc) is 3.71. The first-order valence-electron chi connectivity index (χ1n) is 13.9. The topological polar surface area (TPSA) is 114 Å². The van der Waals surface area contributed by atoms with E-state index in [-0.39, 0.29) is 11.2 Å². The summed E-state index contributed by atoms with van der Waals surface area (Å²) in [5.74, 6) is -0.353. The molecule has 2 aromatic carbocycles. The Morgan fingerprint density at radius 2 is 1.86 bits per heavy atom. The van der Waals surface area contributed by atoms with E-state index in [1.165, 1.54) is 18.5 Å². The van der Waals surface area contributed by atoms with Gasteiger partial charge >= 0.3 is 0 Å². The zero-order chi connectivity index (χ0) is 29.5. The van der Waals surface area contributed by atoms with Gasteiger partial charge in [-0.05, 0) is 48.1 Å². The third-order valence-corrected chi connectivity index (χ3v) is 7.35. The molecule has 210 valence electrons. The van der Waals surface area contributed by atoms with Gasteiger partial charge in [-0.1, -0.05) is 32.9 Å². The van der Waals surface area contributed by atoms with Crippen molar-refractivity contribution in [3.05, 3.63) is 90.2 Å². The number of nitrogens with one attached hydrogen (secondary N) is 4. The van der Waals surface area contributed by atoms with Crippen LogP contribution in [0.5, 0.6) is 0 Å². The van der Waals surface area contributed by atoms with Crippen LogP contribution in [0.25, 0.3) is 22.0 Å². The number of nitriles is 1. The molecule has 9 nitrogen and oxygen atoms in total. The van der Waals surface area contributed by atoms with Crippen LogP contribution in [0.15, 0.2) is 73.2 Å². The first-order chi connectivity index (χ1) is 20.1. The molecule has 1 aliphatic carbocycles. The van der Waals surface area contributed by atoms with Crippen LogP contribution in [0.4, 0.5) is 15.8 Å². The number of benzene rings is 2. The van der Waals surface area contributed by atoms with Gasteiger partial charge in [0.05, 0.1) is 27.9 Å². The number of hydrogen-bond acceptors (Lipinski definition) is 9. The third kappa shape index (κ3) is 5.45. The lowest BCUT2D eigenvalue weighted by Crippen LogP contribution is -2.45. The Hall–Kier alpha value is -4.69. The fourth-order valence-electron chi connectivity index (χ4n) is 4.98. The number of anilines is 2. The van der Waals surface area contributed by atoms with Gasteiger partial charge < -0.3 is 16.1 Å². The molecule has 1 aliphatic heterocycles. The molecule has 1 atom stereocenters. The van der Waals surface area contributed by atoms with Crippen molar-refractivity contribution in [2.75, 3.05) is 17.2 Å². The van der Waals surface area contributed by atoms with Crippen molar-refractivity contribution < 1.29 is 4.39 Å². The lowest BCUT2D eigenvalue weighted by atomic mass is 9.69. The number of fused-ring (bicyclic) bond motifs is 1. The Morgan fingerprint density at radius 1 is 1.12 bits per heavy atom. The van der Waals surface area contributed by atoms with Gasteiger partial charge in [-0.2, -0.15) is 5.26 Å². The highest BCUT2D eigenvalue weighted by atomic mass is 19.1. The van der Waals surface area contributed by atoms with Crippen LogP contribution in [0, 0.1) is 22.6 Å². The molecule has 1 saturated carbocycles. The summed E-state index contributed by atoms with van der Waals surface area (Å²) in [4.78, 5) is 13.1. The molecule has 4 N–H and O–H groups in total. The number of aromatic nitrogens is 3. The largest absolute Gasteiger partial charge is 0.383 e. The lowest BCUT2D eigenvalue weighted by Gasteiger charge is -2.34. The maximum Gasteiger partial charge on any atom is 0.123 e. The molecule has 6 rings (SSSR count). The van der Waals surface area contributed by atoms with E-state index in [0.29, 0.717) is 46.3 Å². The highest BCUT2D eigenvalue weighted by molar-refractivity contribution is 6.19. The molecule has 4 aromatic rings. The highest BCUT2D eigenvalue weighted by Gasteiger charge is 2.38. The predicted octanol–water partition coefficient (Wildman–Crippen LogP) is 4.92. The third-order valence-electron chi connectivity index (χ3n) is 7.35. The quantitative estimate of drug-likeness (QED) is 0.223. The molecular weight excluding hydrogens is 528 g/mol. The van der Waals surface area contributed by atoms with Gasteiger partial charge in [0.1, 0.15) is 26.1 Å². The normalized spacial score (nSPS) is 16.4. The number of rotatable bonds is 8. The van der Waals surface area contributed by atoms with E-state index in [4.69, 9.17) is 12.8 Å². The van der Waals surface area contributed by atoms with Gasteiger partial charge in [0.2, 0.25) is 0 Å². The summed E-state index contributed by atoms with van der Waals surface area (Å²) in [6.45, 7) is 7.02. The van der Waals surface area contributed by atoms with Crippen molar-refractivity contribution in [2.45, 2.75) is 45.1 Å². The summed E-state index contributed by atoms with van der Waals surface area (Å²) >= 11 is 0. The minimum atomic E-state index is -1.28. The van der Waals surface area contributed by atoms with Crippen LogP contribution < -0.4 is 21.6 Å². The predicted molar refractivity (Wildman–Crippen MR) is 162 cm³/mol. The fourth-order valence-corrected chi connectivity index (χ4v) is 4.98. The van der Waals surface area contributed by atoms with Crippen LogP contribution in [0.2, 0.25) is 0 Å². The summed E-state index contributed by atoms with van der Waals surface area (Å²) in [5.41, 5.74) is 10.4. The number of pyridine rings is 1. The Kier molecular flexibility index (Phi) is 6.95. The van der Waals surface area contributed by atoms with E-state index >= 15 is 0 Å². The summed E-state index contributed by atoms with van der Waals surface area (Å²) < 4.78 is 14.0. The lowest BCUT2D eigenvalue weighted by molar-refractivity contribution is 0.260. The first-order valence-corrected chi connectivity index (χ1v) is 13.9. The molecule has 1 fully saturated rings. The van der Waals surface area contributed by atoms with Gasteiger partial charge in [0, 0.05) is 59.6 Å². The summed E-state index contributed by atoms with van der Waals surface area (Å²) in [7, 11) is 7.19. The average molecular weight is 559 g/mol. The molecule has 0 spiro atoms. The van der Waals surface area contributed by atoms with Gasteiger partial charge in [0.15, 0.2) is 0 Å². The maximum absolute atomic E-state index is 14.0. The maximum atomic E-state index is 14.0. The second kappa shape index (κ2) is 10.6. The molecule has 3 heterocycles. The molecule has 0 bridgehead atoms. The molecule has 0 saturated heterocycles. The standard InChI is InChI=1S/C31H31BFN9/c1-30(2,3)17-38-28-19(12-34)15-37-29-25(20-13-35-18-36-14-20)10-23(11-26(28)29)39-31(32,21-4-6-22(33)7-5-21)27-16-42(41-40-27)24-8-9-24/h4-7,10-11,13-16,18,24,39-41H,8-9,17H2,1-3H3,(H,37,38). The highest BCUT2D eigenvalue weighted by Crippen LogP contribution is 2.39. The van der Waals surface area contributed by atoms with Crippen molar-refractivity contribution >= 4 is 30.1 Å². The number of hydrazine groups is 2. The van der Waals surface area contributed by atoms with Gasteiger partial charge in [-0.25, -0.2) is 14.4 Å². The minimum Gasteiger partial charge on any atom is -0.383 e. The monoisotopic (exact) mass is 559 g/mol. The van der Waals surface area contributed by atoms with Gasteiger partial charge in [0.25, 0.3) is 0 Å². The molecule has 2 aliphatic rings. The summed E-state index contributed by atoms with van der Waals surface area (Å²) in [6.07, 6.45) is 10.6. The smallest absolute Gasteiger partial charge is 0.123 e. The molecule has 11 heteroatoms. The molecule has 2 radical (unpaired) electrons. The first kappa shape index (κ1) is 27.5. The van der Waals surface area contributed by atoms with E-state index in [0.717, 1.165) is 29.4 Å². The number of halogens is 1. The van der Waals surface area contributed by atoms with Crippen molar-refractivity contribution in [2.24, 2.45) is 5.41 Å². The number of nitrogens with zero attached hydrogens (tertiary/aromatic N) is 5. The van der Waals surface area contributed by atoms with E-state index in [9.17, 15) is 9.65 Å². The molecule has 1 unspecified atom stereocenters. The van der Waals surface area contributed by atoms with Crippen LogP contribution in [0.1, 0.15) is 44.7 Å². The summed E-state index contributed by atoms with van der Waals surface area (Å²) in [6, 6.07) is 12.7. The Bertz CT molecular complexity index is 1690. The number of hydrogen-bond donors (Lipinski definition) is 4. The zero-order valence-electron chi connectivity index (χ0n) is 23.7. The van der Waals surface area contributed by atoms with E-state index in [2.05, 4.69) is 58.4 Å². The van der Waals surface area contributed by atoms with Crippen LogP contribution in [-0.4, -0.2) is 40.4 Å². The van der Waals surface area contributed by atoms with Crippen LogP contribution in [-0.2, 0) is 5.44 Å². The second-order valence-corrected chi connectivity index (χ2v) is 12.0. The second-order valence-electron chi connectivity index (χ2n) is 12.0. The Balaban J connectivity index is 1.53. The van der Waals surface area contributed by atoms with Crippen molar-refractivity contribution in [1.82, 2.24) is 30.9 Å². The van der Waals surface area contributed by atoms with Crippen molar-refractivity contribution in [1.29, 1.82) is 5.26 Å².